The van der Waals surface area contributed by atoms with Crippen molar-refractivity contribution in [3.63, 3.8) is 0 Å². The number of methoxy groups -OCH3 is 2. The highest BCUT2D eigenvalue weighted by atomic mass is 32.2. The minimum Gasteiger partial charge on any atom is -0.385 e. The van der Waals surface area contributed by atoms with Crippen LogP contribution in [0.4, 0.5) is 0 Å². The van der Waals surface area contributed by atoms with Gasteiger partial charge in [-0.3, -0.25) is 4.57 Å². The first-order valence-corrected chi connectivity index (χ1v) is 6.54. The SMILES string of the molecule is COCCCSc1n[nH]c(=O)n1CCCOC. The summed E-state index contributed by atoms with van der Waals surface area (Å²) in [4.78, 5) is 11.5. The molecule has 0 unspecified atom stereocenters. The second-order valence-corrected chi connectivity index (χ2v) is 4.57. The zero-order valence-corrected chi connectivity index (χ0v) is 11.1. The molecule has 98 valence electrons. The van der Waals surface area contributed by atoms with Gasteiger partial charge in [0, 0.05) is 39.7 Å². The molecule has 0 aliphatic heterocycles. The van der Waals surface area contributed by atoms with Gasteiger partial charge in [0.05, 0.1) is 0 Å². The summed E-state index contributed by atoms with van der Waals surface area (Å²) >= 11 is 1.57. The van der Waals surface area contributed by atoms with Gasteiger partial charge in [-0.25, -0.2) is 9.89 Å². The van der Waals surface area contributed by atoms with Crippen LogP contribution in [0.15, 0.2) is 9.95 Å². The molecule has 17 heavy (non-hydrogen) atoms. The quantitative estimate of drug-likeness (QED) is 0.524. The fraction of sp³-hybridized carbons (Fsp3) is 0.800. The highest BCUT2D eigenvalue weighted by molar-refractivity contribution is 7.99. The Hall–Kier alpha value is -0.790. The number of thioether (sulfide) groups is 1. The number of hydrogen-bond acceptors (Lipinski definition) is 5. The second kappa shape index (κ2) is 8.32. The molecule has 0 fully saturated rings. The van der Waals surface area contributed by atoms with E-state index >= 15 is 0 Å². The number of ether oxygens (including phenoxy) is 2. The van der Waals surface area contributed by atoms with E-state index in [1.165, 1.54) is 0 Å². The number of hydrogen-bond donors (Lipinski definition) is 1. The smallest absolute Gasteiger partial charge is 0.343 e. The topological polar surface area (TPSA) is 69.1 Å². The molecule has 1 aromatic heterocycles. The molecule has 1 aromatic rings. The van der Waals surface area contributed by atoms with Gasteiger partial charge in [-0.1, -0.05) is 11.8 Å². The van der Waals surface area contributed by atoms with Crippen LogP contribution in [0.25, 0.3) is 0 Å². The maximum atomic E-state index is 11.5. The molecular formula is C10H19N3O3S. The van der Waals surface area contributed by atoms with Gasteiger partial charge in [-0.2, -0.15) is 0 Å². The van der Waals surface area contributed by atoms with Crippen molar-refractivity contribution in [1.29, 1.82) is 0 Å². The Kier molecular flexibility index (Phi) is 6.99. The Morgan fingerprint density at radius 3 is 2.71 bits per heavy atom. The Bertz CT molecular complexity index is 364. The number of rotatable bonds is 9. The van der Waals surface area contributed by atoms with Gasteiger partial charge in [0.25, 0.3) is 0 Å². The van der Waals surface area contributed by atoms with Crippen LogP contribution in [0, 0.1) is 0 Å². The summed E-state index contributed by atoms with van der Waals surface area (Å²) in [7, 11) is 3.33. The van der Waals surface area contributed by atoms with Crippen LogP contribution in [0.2, 0.25) is 0 Å². The van der Waals surface area contributed by atoms with Crippen LogP contribution in [0.1, 0.15) is 12.8 Å². The van der Waals surface area contributed by atoms with Gasteiger partial charge in [-0.15, -0.1) is 5.10 Å². The van der Waals surface area contributed by atoms with E-state index in [0.29, 0.717) is 13.2 Å². The standard InChI is InChI=1S/C10H19N3O3S/c1-15-6-3-5-13-9(14)11-12-10(13)17-8-4-7-16-2/h3-8H2,1-2H3,(H,11,14). The maximum Gasteiger partial charge on any atom is 0.343 e. The van der Waals surface area contributed by atoms with E-state index in [9.17, 15) is 4.79 Å². The maximum absolute atomic E-state index is 11.5. The van der Waals surface area contributed by atoms with Gasteiger partial charge in [-0.05, 0) is 12.8 Å². The molecule has 7 heteroatoms. The third kappa shape index (κ3) is 4.93. The van der Waals surface area contributed by atoms with Crippen LogP contribution in [0.5, 0.6) is 0 Å². The molecule has 0 spiro atoms. The lowest BCUT2D eigenvalue weighted by Gasteiger charge is -2.04. The number of H-pyrrole nitrogens is 1. The minimum absolute atomic E-state index is 0.157. The fourth-order valence-electron chi connectivity index (χ4n) is 1.34. The predicted molar refractivity (Wildman–Crippen MR) is 66.6 cm³/mol. The first-order chi connectivity index (χ1) is 8.29. The van der Waals surface area contributed by atoms with Crippen molar-refractivity contribution in [3.8, 4) is 0 Å². The molecule has 0 saturated carbocycles. The highest BCUT2D eigenvalue weighted by Crippen LogP contribution is 2.14. The first kappa shape index (κ1) is 14.3. The van der Waals surface area contributed by atoms with E-state index in [0.717, 1.165) is 30.4 Å². The van der Waals surface area contributed by atoms with Gasteiger partial charge < -0.3 is 9.47 Å². The zero-order chi connectivity index (χ0) is 12.5. The molecule has 1 rings (SSSR count). The van der Waals surface area contributed by atoms with Gasteiger partial charge >= 0.3 is 5.69 Å². The fourth-order valence-corrected chi connectivity index (χ4v) is 2.23. The normalized spacial score (nSPS) is 10.9. The third-order valence-electron chi connectivity index (χ3n) is 2.18. The van der Waals surface area contributed by atoms with Crippen LogP contribution < -0.4 is 5.69 Å². The summed E-state index contributed by atoms with van der Waals surface area (Å²) in [5, 5.41) is 7.21. The lowest BCUT2D eigenvalue weighted by atomic mass is 10.4. The summed E-state index contributed by atoms with van der Waals surface area (Å²) in [5.41, 5.74) is -0.157. The predicted octanol–water partition coefficient (Wildman–Crippen LogP) is 0.736. The Balaban J connectivity index is 2.44. The van der Waals surface area contributed by atoms with Crippen molar-refractivity contribution >= 4 is 11.8 Å². The molecule has 0 aliphatic carbocycles. The first-order valence-electron chi connectivity index (χ1n) is 5.55. The minimum atomic E-state index is -0.157. The van der Waals surface area contributed by atoms with E-state index in [-0.39, 0.29) is 5.69 Å². The zero-order valence-electron chi connectivity index (χ0n) is 10.3. The number of nitrogens with one attached hydrogen (secondary N) is 1. The molecule has 1 heterocycles. The van der Waals surface area contributed by atoms with Crippen LogP contribution >= 0.6 is 11.8 Å². The molecular weight excluding hydrogens is 242 g/mol. The molecule has 0 radical (unpaired) electrons. The Morgan fingerprint density at radius 2 is 2.00 bits per heavy atom. The molecule has 0 amide bonds. The third-order valence-corrected chi connectivity index (χ3v) is 3.24. The monoisotopic (exact) mass is 261 g/mol. The van der Waals surface area contributed by atoms with Gasteiger partial charge in [0.15, 0.2) is 5.16 Å². The largest absolute Gasteiger partial charge is 0.385 e. The summed E-state index contributed by atoms with van der Waals surface area (Å²) in [6.45, 7) is 2.01. The van der Waals surface area contributed by atoms with Gasteiger partial charge in [0.2, 0.25) is 0 Å². The van der Waals surface area contributed by atoms with Crippen LogP contribution in [-0.4, -0.2) is 48.0 Å². The molecule has 0 aliphatic rings. The summed E-state index contributed by atoms with van der Waals surface area (Å²) in [5.74, 6) is 0.891. The van der Waals surface area contributed by atoms with Gasteiger partial charge in [0.1, 0.15) is 0 Å². The van der Waals surface area contributed by atoms with Crippen molar-refractivity contribution < 1.29 is 9.47 Å². The van der Waals surface area contributed by atoms with Crippen molar-refractivity contribution in [2.75, 3.05) is 33.2 Å². The van der Waals surface area contributed by atoms with E-state index in [4.69, 9.17) is 9.47 Å². The molecule has 0 aromatic carbocycles. The lowest BCUT2D eigenvalue weighted by molar-refractivity contribution is 0.189. The molecule has 6 nitrogen and oxygen atoms in total. The number of aromatic nitrogens is 3. The summed E-state index contributed by atoms with van der Waals surface area (Å²) in [6.07, 6.45) is 1.75. The van der Waals surface area contributed by atoms with Crippen LogP contribution in [-0.2, 0) is 16.0 Å². The van der Waals surface area contributed by atoms with E-state index in [2.05, 4.69) is 10.2 Å². The van der Waals surface area contributed by atoms with E-state index in [1.807, 2.05) is 0 Å². The van der Waals surface area contributed by atoms with Crippen LogP contribution in [0.3, 0.4) is 0 Å². The Morgan fingerprint density at radius 1 is 1.29 bits per heavy atom. The van der Waals surface area contributed by atoms with Crippen molar-refractivity contribution in [2.45, 2.75) is 24.5 Å². The number of aromatic amines is 1. The number of nitrogens with zero attached hydrogens (tertiary/aromatic N) is 2. The summed E-state index contributed by atoms with van der Waals surface area (Å²) < 4.78 is 11.6. The summed E-state index contributed by atoms with van der Waals surface area (Å²) in [6, 6.07) is 0. The van der Waals surface area contributed by atoms with Crippen molar-refractivity contribution in [2.24, 2.45) is 0 Å². The average Bonchev–Trinajstić information content (AvgIpc) is 2.67. The van der Waals surface area contributed by atoms with Crippen molar-refractivity contribution in [1.82, 2.24) is 14.8 Å². The molecule has 1 N–H and O–H groups in total. The van der Waals surface area contributed by atoms with Crippen molar-refractivity contribution in [3.05, 3.63) is 10.5 Å². The highest BCUT2D eigenvalue weighted by Gasteiger charge is 2.07. The van der Waals surface area contributed by atoms with E-state index < -0.39 is 0 Å². The Labute approximate surface area is 105 Å². The second-order valence-electron chi connectivity index (χ2n) is 3.50. The lowest BCUT2D eigenvalue weighted by Crippen LogP contribution is -2.18. The average molecular weight is 261 g/mol. The molecule has 0 atom stereocenters. The molecule has 0 bridgehead atoms. The molecule has 0 saturated heterocycles. The van der Waals surface area contributed by atoms with E-state index in [1.54, 1.807) is 30.5 Å².